The van der Waals surface area contributed by atoms with E-state index in [-0.39, 0.29) is 23.6 Å². The lowest BCUT2D eigenvalue weighted by molar-refractivity contribution is -0.137. The SMILES string of the molecule is O=C(O)CCCC=CC[C@@H]1[C@@H](c2ccc(C(O)Cc3ccccc3)cc2)[C@H](O)C[C@H]1Cl. The smallest absolute Gasteiger partial charge is 0.303 e. The molecule has 0 saturated heterocycles. The molecule has 4 nitrogen and oxygen atoms in total. The second kappa shape index (κ2) is 11.5. The van der Waals surface area contributed by atoms with Gasteiger partial charge in [-0.05, 0) is 48.3 Å². The monoisotopic (exact) mass is 442 g/mol. The molecule has 0 bridgehead atoms. The van der Waals surface area contributed by atoms with Crippen LogP contribution in [0, 0.1) is 5.92 Å². The van der Waals surface area contributed by atoms with Gasteiger partial charge in [0.15, 0.2) is 0 Å². The Morgan fingerprint density at radius 1 is 1.10 bits per heavy atom. The predicted molar refractivity (Wildman–Crippen MR) is 123 cm³/mol. The van der Waals surface area contributed by atoms with Crippen LogP contribution in [0.5, 0.6) is 0 Å². The summed E-state index contributed by atoms with van der Waals surface area (Å²) >= 11 is 6.56. The molecule has 0 aromatic heterocycles. The summed E-state index contributed by atoms with van der Waals surface area (Å²) in [4.78, 5) is 10.6. The third-order valence-electron chi connectivity index (χ3n) is 6.12. The first-order valence-electron chi connectivity index (χ1n) is 11.0. The van der Waals surface area contributed by atoms with Gasteiger partial charge in [-0.15, -0.1) is 11.6 Å². The van der Waals surface area contributed by atoms with Gasteiger partial charge in [-0.3, -0.25) is 4.79 Å². The Morgan fingerprint density at radius 2 is 1.81 bits per heavy atom. The Labute approximate surface area is 189 Å². The van der Waals surface area contributed by atoms with Gasteiger partial charge in [-0.2, -0.15) is 0 Å². The van der Waals surface area contributed by atoms with Crippen LogP contribution in [-0.4, -0.2) is 32.8 Å². The Kier molecular flexibility index (Phi) is 8.70. The van der Waals surface area contributed by atoms with Gasteiger partial charge in [0.1, 0.15) is 0 Å². The van der Waals surface area contributed by atoms with Gasteiger partial charge in [0.2, 0.25) is 0 Å². The first-order valence-corrected chi connectivity index (χ1v) is 11.4. The van der Waals surface area contributed by atoms with Crippen molar-refractivity contribution in [3.05, 3.63) is 83.4 Å². The zero-order valence-corrected chi connectivity index (χ0v) is 18.4. The van der Waals surface area contributed by atoms with Crippen LogP contribution in [0.25, 0.3) is 0 Å². The molecule has 3 rings (SSSR count). The van der Waals surface area contributed by atoms with Gasteiger partial charge in [0, 0.05) is 24.1 Å². The second-order valence-corrected chi connectivity index (χ2v) is 8.93. The van der Waals surface area contributed by atoms with E-state index in [0.29, 0.717) is 19.3 Å². The van der Waals surface area contributed by atoms with Crippen LogP contribution in [0.3, 0.4) is 0 Å². The molecule has 5 atom stereocenters. The third kappa shape index (κ3) is 6.67. The Morgan fingerprint density at radius 3 is 2.48 bits per heavy atom. The van der Waals surface area contributed by atoms with E-state index in [9.17, 15) is 15.0 Å². The predicted octanol–water partition coefficient (Wildman–Crippen LogP) is 5.24. The lowest BCUT2D eigenvalue weighted by Crippen LogP contribution is -2.18. The molecule has 3 N–H and O–H groups in total. The van der Waals surface area contributed by atoms with E-state index >= 15 is 0 Å². The van der Waals surface area contributed by atoms with Crippen molar-refractivity contribution < 1.29 is 20.1 Å². The topological polar surface area (TPSA) is 77.8 Å². The fraction of sp³-hybridized carbons (Fsp3) is 0.423. The maximum Gasteiger partial charge on any atom is 0.303 e. The third-order valence-corrected chi connectivity index (χ3v) is 6.62. The summed E-state index contributed by atoms with van der Waals surface area (Å²) in [6.45, 7) is 0. The minimum atomic E-state index is -0.773. The van der Waals surface area contributed by atoms with Gasteiger partial charge in [0.05, 0.1) is 12.2 Å². The largest absolute Gasteiger partial charge is 0.481 e. The number of carboxylic acids is 1. The number of halogens is 1. The maximum atomic E-state index is 10.6. The van der Waals surface area contributed by atoms with Crippen LogP contribution in [-0.2, 0) is 11.2 Å². The zero-order chi connectivity index (χ0) is 22.2. The van der Waals surface area contributed by atoms with Crippen molar-refractivity contribution >= 4 is 17.6 Å². The van der Waals surface area contributed by atoms with E-state index in [4.69, 9.17) is 16.7 Å². The average Bonchev–Trinajstić information content (AvgIpc) is 3.04. The number of unbranched alkanes of at least 4 members (excludes halogenated alkanes) is 1. The van der Waals surface area contributed by atoms with Crippen molar-refractivity contribution in [1.29, 1.82) is 0 Å². The first kappa shape index (κ1) is 23.5. The molecule has 31 heavy (non-hydrogen) atoms. The van der Waals surface area contributed by atoms with Crippen LogP contribution in [0.4, 0.5) is 0 Å². The summed E-state index contributed by atoms with van der Waals surface area (Å²) in [7, 11) is 0. The highest BCUT2D eigenvalue weighted by atomic mass is 35.5. The van der Waals surface area contributed by atoms with Crippen LogP contribution in [0.2, 0.25) is 0 Å². The summed E-state index contributed by atoms with van der Waals surface area (Å²) in [6.07, 6.45) is 6.41. The van der Waals surface area contributed by atoms with E-state index in [0.717, 1.165) is 29.5 Å². The molecule has 1 saturated carbocycles. The van der Waals surface area contributed by atoms with E-state index in [1.54, 1.807) is 0 Å². The normalized spacial score (nSPS) is 24.5. The molecule has 0 radical (unpaired) electrons. The van der Waals surface area contributed by atoms with Gasteiger partial charge < -0.3 is 15.3 Å². The summed E-state index contributed by atoms with van der Waals surface area (Å²) < 4.78 is 0. The second-order valence-electron chi connectivity index (χ2n) is 8.37. The Hall–Kier alpha value is -2.14. The number of carboxylic acid groups (broad SMARTS) is 1. The van der Waals surface area contributed by atoms with Crippen molar-refractivity contribution in [2.24, 2.45) is 5.92 Å². The zero-order valence-electron chi connectivity index (χ0n) is 17.6. The number of allylic oxidation sites excluding steroid dienone is 2. The fourth-order valence-corrected chi connectivity index (χ4v) is 4.91. The average molecular weight is 443 g/mol. The van der Waals surface area contributed by atoms with Gasteiger partial charge in [0.25, 0.3) is 0 Å². The Balaban J connectivity index is 1.62. The summed E-state index contributed by atoms with van der Waals surface area (Å²) in [6, 6.07) is 17.8. The first-order chi connectivity index (χ1) is 15.0. The lowest BCUT2D eigenvalue weighted by atomic mass is 9.84. The molecule has 2 aromatic carbocycles. The molecule has 2 aromatic rings. The molecule has 0 aliphatic heterocycles. The number of carbonyl (C=O) groups is 1. The van der Waals surface area contributed by atoms with Crippen LogP contribution < -0.4 is 0 Å². The highest BCUT2D eigenvalue weighted by Crippen LogP contribution is 2.45. The molecule has 1 fully saturated rings. The van der Waals surface area contributed by atoms with E-state index in [1.165, 1.54) is 0 Å². The molecule has 1 aliphatic rings. The van der Waals surface area contributed by atoms with Crippen LogP contribution in [0.15, 0.2) is 66.7 Å². The molecule has 5 heteroatoms. The van der Waals surface area contributed by atoms with E-state index in [2.05, 4.69) is 6.08 Å². The van der Waals surface area contributed by atoms with E-state index in [1.807, 2.05) is 60.7 Å². The highest BCUT2D eigenvalue weighted by Gasteiger charge is 2.41. The number of aliphatic hydroxyl groups is 2. The fourth-order valence-electron chi connectivity index (χ4n) is 4.46. The van der Waals surface area contributed by atoms with Crippen molar-refractivity contribution in [2.45, 2.75) is 62.0 Å². The van der Waals surface area contributed by atoms with Gasteiger partial charge in [-0.1, -0.05) is 66.7 Å². The standard InChI is InChI=1S/C26H31ClO4/c27-22-17-24(29)26(21(22)10-6-1-2-7-11-25(30)31)20-14-12-19(13-15-20)23(28)16-18-8-4-3-5-9-18/h1,3-6,8-9,12-15,21-24,26,28-29H,2,7,10-11,16-17H2,(H,30,31)/t21-,22+,23?,24+,26+/m0/s1. The van der Waals surface area contributed by atoms with Gasteiger partial charge in [-0.25, -0.2) is 0 Å². The number of benzene rings is 2. The molecule has 1 aliphatic carbocycles. The summed E-state index contributed by atoms with van der Waals surface area (Å²) in [5.74, 6) is -0.704. The molecule has 1 unspecified atom stereocenters. The number of hydrogen-bond donors (Lipinski definition) is 3. The number of aliphatic hydroxyl groups excluding tert-OH is 2. The molecule has 0 spiro atoms. The molecule has 166 valence electrons. The van der Waals surface area contributed by atoms with Gasteiger partial charge >= 0.3 is 5.97 Å². The van der Waals surface area contributed by atoms with Crippen LogP contribution in [0.1, 0.15) is 60.8 Å². The summed E-state index contributed by atoms with van der Waals surface area (Å²) in [5, 5.41) is 29.8. The number of rotatable bonds is 10. The van der Waals surface area contributed by atoms with Crippen LogP contribution >= 0.6 is 11.6 Å². The van der Waals surface area contributed by atoms with E-state index < -0.39 is 18.2 Å². The van der Waals surface area contributed by atoms with Crippen molar-refractivity contribution in [3.8, 4) is 0 Å². The highest BCUT2D eigenvalue weighted by molar-refractivity contribution is 6.21. The molecular formula is C26H31ClO4. The minimum Gasteiger partial charge on any atom is -0.481 e. The van der Waals surface area contributed by atoms with Crippen molar-refractivity contribution in [2.75, 3.05) is 0 Å². The number of alkyl halides is 1. The summed E-state index contributed by atoms with van der Waals surface area (Å²) in [5.41, 5.74) is 2.98. The maximum absolute atomic E-state index is 10.6. The van der Waals surface area contributed by atoms with Crippen molar-refractivity contribution in [1.82, 2.24) is 0 Å². The minimum absolute atomic E-state index is 0.0496. The lowest BCUT2D eigenvalue weighted by Gasteiger charge is -2.23. The number of aliphatic carboxylic acids is 1. The van der Waals surface area contributed by atoms with Crippen molar-refractivity contribution in [3.63, 3.8) is 0 Å². The Bertz CT molecular complexity index is 849. The number of hydrogen-bond acceptors (Lipinski definition) is 3. The quantitative estimate of drug-likeness (QED) is 0.267. The molecular weight excluding hydrogens is 412 g/mol. The molecule has 0 heterocycles. The molecule has 0 amide bonds.